The molecule has 1 heterocycles. The maximum absolute atomic E-state index is 9.47. The first-order chi connectivity index (χ1) is 31.1. The van der Waals surface area contributed by atoms with Crippen LogP contribution >= 0.6 is 0 Å². The Morgan fingerprint density at radius 1 is 0.422 bits per heavy atom. The Morgan fingerprint density at radius 2 is 0.875 bits per heavy atom. The van der Waals surface area contributed by atoms with Gasteiger partial charge in [-0.05, 0) is 179 Å². The molecule has 0 radical (unpaired) electrons. The molecule has 0 saturated heterocycles. The van der Waals surface area contributed by atoms with E-state index in [0.29, 0.717) is 28.5 Å². The van der Waals surface area contributed by atoms with E-state index >= 15 is 0 Å². The molecule has 4 nitrogen and oxygen atoms in total. The first kappa shape index (κ1) is 40.8. The highest BCUT2D eigenvalue weighted by molar-refractivity contribution is 6.04. The quantitative estimate of drug-likeness (QED) is 0.160. The van der Waals surface area contributed by atoms with Gasteiger partial charge in [0.2, 0.25) is 0 Å². The van der Waals surface area contributed by atoms with Crippen LogP contribution < -0.4 is 0 Å². The van der Waals surface area contributed by atoms with E-state index in [-0.39, 0.29) is 5.41 Å². The van der Waals surface area contributed by atoms with Gasteiger partial charge in [-0.2, -0.15) is 5.26 Å². The molecule has 0 N–H and O–H groups in total. The molecule has 0 aliphatic heterocycles. The number of fused-ring (bicyclic) bond motifs is 5. The average molecular weight is 837 g/mol. The number of nitriles is 1. The van der Waals surface area contributed by atoms with E-state index in [2.05, 4.69) is 143 Å². The zero-order valence-corrected chi connectivity index (χ0v) is 38.0. The Bertz CT molecular complexity index is 2850. The highest BCUT2D eigenvalue weighted by atomic mass is 15.0. The summed E-state index contributed by atoms with van der Waals surface area (Å²) in [6, 6.07) is 50.6. The molecule has 4 heteroatoms. The molecule has 11 rings (SSSR count). The minimum atomic E-state index is 0.258. The van der Waals surface area contributed by atoms with E-state index < -0.39 is 0 Å². The smallest absolute Gasteiger partial charge is 0.164 e. The van der Waals surface area contributed by atoms with E-state index in [1.807, 2.05) is 24.3 Å². The Labute approximate surface area is 380 Å². The number of hydrogen-bond donors (Lipinski definition) is 0. The average Bonchev–Trinajstić information content (AvgIpc) is 3.30. The van der Waals surface area contributed by atoms with Crippen LogP contribution in [0.4, 0.5) is 0 Å². The molecule has 320 valence electrons. The standard InChI is InChI=1S/C60H60N4/c1-38-26-43-27-39(2)32-59(31-38,35-43)50-20-16-45(17-21-50)48-8-7-9-49(30-48)57-62-56(47-18-22-51(23-19-47)60-33-40(3)28-44(36-60)29-41(4)34-60)63-58(64-57)55-25-24-52(53-10-5-6-11-54(53)55)46-14-12-42(37-61)13-15-46/h5-25,30,38-41,43-44H,26-29,31-36H2,1-4H3/t38-,39+,40-,41+,43?,44?,59?,60?. The van der Waals surface area contributed by atoms with Gasteiger partial charge >= 0.3 is 0 Å². The molecule has 0 spiro atoms. The maximum Gasteiger partial charge on any atom is 0.164 e. The van der Waals surface area contributed by atoms with Crippen molar-refractivity contribution in [3.05, 3.63) is 150 Å². The molecule has 4 unspecified atom stereocenters. The minimum Gasteiger partial charge on any atom is -0.208 e. The summed E-state index contributed by atoms with van der Waals surface area (Å²) < 4.78 is 0. The van der Waals surface area contributed by atoms with Crippen LogP contribution in [0.25, 0.3) is 67.2 Å². The Kier molecular flexibility index (Phi) is 10.4. The van der Waals surface area contributed by atoms with E-state index in [9.17, 15) is 5.26 Å². The van der Waals surface area contributed by atoms with E-state index in [4.69, 9.17) is 15.0 Å². The first-order valence-corrected chi connectivity index (χ1v) is 24.2. The van der Waals surface area contributed by atoms with Crippen LogP contribution in [0.2, 0.25) is 0 Å². The van der Waals surface area contributed by atoms with E-state index in [1.54, 1.807) is 0 Å². The summed E-state index contributed by atoms with van der Waals surface area (Å²) in [6.07, 6.45) is 13.3. The van der Waals surface area contributed by atoms with Crippen LogP contribution in [-0.4, -0.2) is 15.0 Å². The predicted molar refractivity (Wildman–Crippen MR) is 262 cm³/mol. The SMILES string of the molecule is C[C@@H]1CC2C[C@H](C)CC(c3ccc(-c4cccc(-c5nc(-c6ccc(C78CC(C[C@@H](C)C7)C[C@H](C)C8)cc6)nc(-c6ccc(-c7ccc(C#N)cc7)c7ccccc67)n5)c4)cc3)(C2)C1. The lowest BCUT2D eigenvalue weighted by molar-refractivity contribution is 0.0779. The van der Waals surface area contributed by atoms with Gasteiger partial charge in [0.1, 0.15) is 0 Å². The summed E-state index contributed by atoms with van der Waals surface area (Å²) >= 11 is 0. The highest BCUT2D eigenvalue weighted by Gasteiger charge is 2.46. The molecule has 4 bridgehead atoms. The van der Waals surface area contributed by atoms with Crippen molar-refractivity contribution in [3.63, 3.8) is 0 Å². The fourth-order valence-electron chi connectivity index (χ4n) is 14.2. The minimum absolute atomic E-state index is 0.258. The van der Waals surface area contributed by atoms with Crippen LogP contribution in [0.1, 0.15) is 109 Å². The van der Waals surface area contributed by atoms with Crippen LogP contribution in [0.5, 0.6) is 0 Å². The van der Waals surface area contributed by atoms with Crippen molar-refractivity contribution >= 4 is 10.8 Å². The van der Waals surface area contributed by atoms with Gasteiger partial charge in [-0.25, -0.2) is 15.0 Å². The number of rotatable bonds is 7. The molecule has 4 saturated carbocycles. The van der Waals surface area contributed by atoms with Gasteiger partial charge in [-0.3, -0.25) is 0 Å². The molecule has 7 aromatic rings. The molecule has 64 heavy (non-hydrogen) atoms. The number of nitrogens with zero attached hydrogens (tertiary/aromatic N) is 4. The fraction of sp³-hybridized carbons (Fsp3) is 0.367. The van der Waals surface area contributed by atoms with Gasteiger partial charge in [-0.1, -0.05) is 137 Å². The highest BCUT2D eigenvalue weighted by Crippen LogP contribution is 2.55. The normalized spacial score (nSPS) is 27.5. The second-order valence-electron chi connectivity index (χ2n) is 21.3. The topological polar surface area (TPSA) is 62.5 Å². The van der Waals surface area contributed by atoms with Gasteiger partial charge in [0.25, 0.3) is 0 Å². The number of benzene rings is 6. The van der Waals surface area contributed by atoms with Crippen LogP contribution in [0.15, 0.2) is 133 Å². The molecule has 1 aromatic heterocycles. The molecule has 8 atom stereocenters. The van der Waals surface area contributed by atoms with Crippen molar-refractivity contribution < 1.29 is 0 Å². The lowest BCUT2D eigenvalue weighted by Crippen LogP contribution is -2.42. The molecule has 6 aromatic carbocycles. The van der Waals surface area contributed by atoms with Crippen LogP contribution in [0.3, 0.4) is 0 Å². The van der Waals surface area contributed by atoms with Gasteiger partial charge < -0.3 is 0 Å². The second kappa shape index (κ2) is 16.3. The van der Waals surface area contributed by atoms with Crippen LogP contribution in [0, 0.1) is 46.8 Å². The van der Waals surface area contributed by atoms with E-state index in [1.165, 1.54) is 86.5 Å². The van der Waals surface area contributed by atoms with Crippen molar-refractivity contribution in [2.45, 2.75) is 103 Å². The first-order valence-electron chi connectivity index (χ1n) is 24.2. The Morgan fingerprint density at radius 3 is 1.42 bits per heavy atom. The lowest BCUT2D eigenvalue weighted by Gasteiger charge is -2.50. The Hall–Kier alpha value is -5.92. The molecule has 0 amide bonds. The third-order valence-electron chi connectivity index (χ3n) is 16.1. The van der Waals surface area contributed by atoms with Crippen molar-refractivity contribution in [1.29, 1.82) is 5.26 Å². The summed E-state index contributed by atoms with van der Waals surface area (Å²) in [5.74, 6) is 6.80. The Balaban J connectivity index is 0.994. The van der Waals surface area contributed by atoms with Gasteiger partial charge in [0.15, 0.2) is 17.5 Å². The summed E-state index contributed by atoms with van der Waals surface area (Å²) in [5.41, 5.74) is 11.7. The predicted octanol–water partition coefficient (Wildman–Crippen LogP) is 15.4. The molecule has 4 aliphatic rings. The monoisotopic (exact) mass is 836 g/mol. The summed E-state index contributed by atoms with van der Waals surface area (Å²) in [6.45, 7) is 9.88. The summed E-state index contributed by atoms with van der Waals surface area (Å²) in [5, 5.41) is 11.7. The van der Waals surface area contributed by atoms with E-state index in [0.717, 1.165) is 74.1 Å². The third-order valence-corrected chi connectivity index (χ3v) is 16.1. The molecular formula is C60H60N4. The second-order valence-corrected chi connectivity index (χ2v) is 21.3. The van der Waals surface area contributed by atoms with Gasteiger partial charge in [-0.15, -0.1) is 0 Å². The molecule has 4 fully saturated rings. The third kappa shape index (κ3) is 7.55. The zero-order chi connectivity index (χ0) is 43.6. The number of aromatic nitrogens is 3. The lowest BCUT2D eigenvalue weighted by atomic mass is 9.54. The summed E-state index contributed by atoms with van der Waals surface area (Å²) in [7, 11) is 0. The van der Waals surface area contributed by atoms with Crippen molar-refractivity contribution in [2.75, 3.05) is 0 Å². The number of hydrogen-bond acceptors (Lipinski definition) is 4. The van der Waals surface area contributed by atoms with Gasteiger partial charge in [0.05, 0.1) is 11.6 Å². The zero-order valence-electron chi connectivity index (χ0n) is 38.0. The van der Waals surface area contributed by atoms with Crippen molar-refractivity contribution in [1.82, 2.24) is 15.0 Å². The molecule has 4 aliphatic carbocycles. The molecular weight excluding hydrogens is 777 g/mol. The van der Waals surface area contributed by atoms with Crippen molar-refractivity contribution in [3.8, 4) is 62.5 Å². The van der Waals surface area contributed by atoms with Crippen LogP contribution in [-0.2, 0) is 10.8 Å². The van der Waals surface area contributed by atoms with Gasteiger partial charge in [0, 0.05) is 16.7 Å². The fourth-order valence-corrected chi connectivity index (χ4v) is 14.2. The maximum atomic E-state index is 9.47. The largest absolute Gasteiger partial charge is 0.208 e. The summed E-state index contributed by atoms with van der Waals surface area (Å²) in [4.78, 5) is 15.9. The van der Waals surface area contributed by atoms with Crippen molar-refractivity contribution in [2.24, 2.45) is 35.5 Å².